The second kappa shape index (κ2) is 6.00. The molecule has 0 aliphatic rings. The maximum atomic E-state index is 5.61. The van der Waals surface area contributed by atoms with Gasteiger partial charge in [0.1, 0.15) is 0 Å². The van der Waals surface area contributed by atoms with Gasteiger partial charge in [0.05, 0.1) is 0 Å². The minimum Gasteiger partial charge on any atom is -0.399 e. The van der Waals surface area contributed by atoms with Gasteiger partial charge in [-0.05, 0) is 35.4 Å². The molecule has 0 aliphatic carbocycles. The fraction of sp³-hybridized carbons (Fsp3) is 0. The Hall–Kier alpha value is -1.71. The van der Waals surface area contributed by atoms with Crippen molar-refractivity contribution in [3.05, 3.63) is 48.5 Å². The number of nitrogens with two attached hydrogens (primary N) is 2. The zero-order chi connectivity index (χ0) is 9.97. The first kappa shape index (κ1) is 14.3. The van der Waals surface area contributed by atoms with Crippen LogP contribution in [0.5, 0.6) is 0 Å². The van der Waals surface area contributed by atoms with Crippen molar-refractivity contribution in [1.82, 2.24) is 6.15 Å². The van der Waals surface area contributed by atoms with Crippen LogP contribution < -0.4 is 17.6 Å². The largest absolute Gasteiger partial charge is 0.399 e. The molecule has 0 heterocycles. The summed E-state index contributed by atoms with van der Waals surface area (Å²) >= 11 is 0. The summed E-state index contributed by atoms with van der Waals surface area (Å²) < 4.78 is 0. The molecule has 4 heteroatoms. The Balaban J connectivity index is 0.00000112. The van der Waals surface area contributed by atoms with Crippen LogP contribution in [-0.2, 0) is 0 Å². The highest BCUT2D eigenvalue weighted by molar-refractivity contribution is 5.85. The fourth-order valence-corrected chi connectivity index (χ4v) is 1.35. The number of nitrogen functional groups attached to an aromatic ring is 2. The van der Waals surface area contributed by atoms with Gasteiger partial charge in [-0.1, -0.05) is 24.3 Å². The summed E-state index contributed by atoms with van der Waals surface area (Å²) in [6, 6.07) is 15.6. The van der Waals surface area contributed by atoms with Crippen LogP contribution in [-0.4, -0.2) is 0 Å². The van der Waals surface area contributed by atoms with Gasteiger partial charge in [0.25, 0.3) is 0 Å². The molecule has 16 heavy (non-hydrogen) atoms. The number of rotatable bonds is 1. The molecule has 0 fully saturated rings. The van der Waals surface area contributed by atoms with Crippen LogP contribution in [0, 0.1) is 0 Å². The van der Waals surface area contributed by atoms with E-state index in [0.717, 1.165) is 22.5 Å². The van der Waals surface area contributed by atoms with E-state index < -0.39 is 0 Å². The maximum Gasteiger partial charge on any atom is 0.0314 e. The molecule has 0 saturated heterocycles. The number of halogens is 1. The van der Waals surface area contributed by atoms with Crippen molar-refractivity contribution in [3.8, 4) is 11.1 Å². The van der Waals surface area contributed by atoms with Gasteiger partial charge in [-0.15, -0.1) is 12.4 Å². The first-order valence-electron chi connectivity index (χ1n) is 4.47. The lowest BCUT2D eigenvalue weighted by Crippen LogP contribution is -1.85. The molecule has 0 spiro atoms. The van der Waals surface area contributed by atoms with Crippen LogP contribution in [0.25, 0.3) is 11.1 Å². The molecule has 0 amide bonds. The summed E-state index contributed by atoms with van der Waals surface area (Å²) in [5, 5.41) is 0. The lowest BCUT2D eigenvalue weighted by Gasteiger charge is -2.02. The molecule has 2 rings (SSSR count). The highest BCUT2D eigenvalue weighted by atomic mass is 35.5. The van der Waals surface area contributed by atoms with Crippen molar-refractivity contribution in [3.63, 3.8) is 0 Å². The standard InChI is InChI=1S/C12H12N2.ClH.H3N/c13-11-5-1-9(2-6-11)10-3-7-12(14)8-4-10;;/h1-8H,13-14H2;1H;1H3. The van der Waals surface area contributed by atoms with Gasteiger partial charge in [-0.3, -0.25) is 0 Å². The van der Waals surface area contributed by atoms with Crippen molar-refractivity contribution in [1.29, 1.82) is 0 Å². The number of anilines is 2. The van der Waals surface area contributed by atoms with Crippen molar-refractivity contribution in [2.24, 2.45) is 0 Å². The van der Waals surface area contributed by atoms with Crippen LogP contribution in [0.3, 0.4) is 0 Å². The van der Waals surface area contributed by atoms with E-state index in [4.69, 9.17) is 11.5 Å². The van der Waals surface area contributed by atoms with Gasteiger partial charge in [-0.2, -0.15) is 0 Å². The molecule has 0 unspecified atom stereocenters. The summed E-state index contributed by atoms with van der Waals surface area (Å²) in [7, 11) is 0. The predicted molar refractivity (Wildman–Crippen MR) is 73.0 cm³/mol. The van der Waals surface area contributed by atoms with Crippen LogP contribution in [0.15, 0.2) is 48.5 Å². The third-order valence-electron chi connectivity index (χ3n) is 2.15. The molecule has 0 atom stereocenters. The molecular formula is C12H16ClN3. The summed E-state index contributed by atoms with van der Waals surface area (Å²) in [5.41, 5.74) is 15.1. The van der Waals surface area contributed by atoms with E-state index in [1.807, 2.05) is 48.5 Å². The van der Waals surface area contributed by atoms with E-state index >= 15 is 0 Å². The molecule has 86 valence electrons. The van der Waals surface area contributed by atoms with Crippen LogP contribution >= 0.6 is 12.4 Å². The molecular weight excluding hydrogens is 222 g/mol. The van der Waals surface area contributed by atoms with E-state index in [1.54, 1.807) is 0 Å². The monoisotopic (exact) mass is 237 g/mol. The van der Waals surface area contributed by atoms with Crippen molar-refractivity contribution in [2.75, 3.05) is 11.5 Å². The minimum atomic E-state index is 0. The third-order valence-corrected chi connectivity index (χ3v) is 2.15. The van der Waals surface area contributed by atoms with Gasteiger partial charge in [0.15, 0.2) is 0 Å². The average Bonchev–Trinajstić information content (AvgIpc) is 2.21. The molecule has 2 aromatic carbocycles. The van der Waals surface area contributed by atoms with Gasteiger partial charge < -0.3 is 17.6 Å². The zero-order valence-electron chi connectivity index (χ0n) is 8.89. The molecule has 3 nitrogen and oxygen atoms in total. The predicted octanol–water partition coefficient (Wildman–Crippen LogP) is 3.10. The quantitative estimate of drug-likeness (QED) is 0.666. The van der Waals surface area contributed by atoms with Gasteiger partial charge in [0.2, 0.25) is 0 Å². The third kappa shape index (κ3) is 3.15. The minimum absolute atomic E-state index is 0. The van der Waals surface area contributed by atoms with Crippen molar-refractivity contribution in [2.45, 2.75) is 0 Å². The highest BCUT2D eigenvalue weighted by Crippen LogP contribution is 2.21. The Bertz CT molecular complexity index is 380. The fourth-order valence-electron chi connectivity index (χ4n) is 1.35. The Kier molecular flexibility index (Phi) is 5.36. The Morgan fingerprint density at radius 3 is 1.06 bits per heavy atom. The van der Waals surface area contributed by atoms with Crippen LogP contribution in [0.1, 0.15) is 0 Å². The number of hydrogen-bond donors (Lipinski definition) is 3. The van der Waals surface area contributed by atoms with Crippen molar-refractivity contribution >= 4 is 23.8 Å². The first-order chi connectivity index (χ1) is 6.75. The molecule has 7 N–H and O–H groups in total. The second-order valence-electron chi connectivity index (χ2n) is 3.24. The summed E-state index contributed by atoms with van der Waals surface area (Å²) in [4.78, 5) is 0. The topological polar surface area (TPSA) is 87.0 Å². The Labute approximate surface area is 101 Å². The second-order valence-corrected chi connectivity index (χ2v) is 3.24. The summed E-state index contributed by atoms with van der Waals surface area (Å²) in [5.74, 6) is 0. The molecule has 2 aromatic rings. The highest BCUT2D eigenvalue weighted by Gasteiger charge is 1.95. The average molecular weight is 238 g/mol. The maximum absolute atomic E-state index is 5.61. The number of benzene rings is 2. The molecule has 0 aromatic heterocycles. The van der Waals surface area contributed by atoms with E-state index in [-0.39, 0.29) is 18.6 Å². The van der Waals surface area contributed by atoms with E-state index in [1.165, 1.54) is 0 Å². The van der Waals surface area contributed by atoms with E-state index in [0.29, 0.717) is 0 Å². The molecule has 0 radical (unpaired) electrons. The smallest absolute Gasteiger partial charge is 0.0314 e. The Morgan fingerprint density at radius 1 is 0.562 bits per heavy atom. The summed E-state index contributed by atoms with van der Waals surface area (Å²) in [6.45, 7) is 0. The van der Waals surface area contributed by atoms with Gasteiger partial charge in [0, 0.05) is 11.4 Å². The van der Waals surface area contributed by atoms with Crippen LogP contribution in [0.2, 0.25) is 0 Å². The normalized spacial score (nSPS) is 8.75. The van der Waals surface area contributed by atoms with Crippen LogP contribution in [0.4, 0.5) is 11.4 Å². The van der Waals surface area contributed by atoms with Gasteiger partial charge in [-0.25, -0.2) is 0 Å². The SMILES string of the molecule is Cl.N.Nc1ccc(-c2ccc(N)cc2)cc1. The molecule has 0 aliphatic heterocycles. The van der Waals surface area contributed by atoms with E-state index in [2.05, 4.69) is 0 Å². The van der Waals surface area contributed by atoms with Gasteiger partial charge >= 0.3 is 0 Å². The zero-order valence-corrected chi connectivity index (χ0v) is 9.71. The number of hydrogen-bond acceptors (Lipinski definition) is 3. The lowest BCUT2D eigenvalue weighted by molar-refractivity contribution is 1.61. The lowest BCUT2D eigenvalue weighted by atomic mass is 10.1. The first-order valence-corrected chi connectivity index (χ1v) is 4.47. The van der Waals surface area contributed by atoms with E-state index in [9.17, 15) is 0 Å². The summed E-state index contributed by atoms with van der Waals surface area (Å²) in [6.07, 6.45) is 0. The molecule has 0 saturated carbocycles. The van der Waals surface area contributed by atoms with Crippen molar-refractivity contribution < 1.29 is 0 Å². The molecule has 0 bridgehead atoms. The Morgan fingerprint density at radius 2 is 0.812 bits per heavy atom.